The van der Waals surface area contributed by atoms with Gasteiger partial charge in [-0.05, 0) is 30.9 Å². The van der Waals surface area contributed by atoms with Gasteiger partial charge < -0.3 is 5.73 Å². The molecule has 6 nitrogen and oxygen atoms in total. The Morgan fingerprint density at radius 1 is 1.40 bits per heavy atom. The lowest BCUT2D eigenvalue weighted by atomic mass is 10.0. The van der Waals surface area contributed by atoms with E-state index >= 15 is 0 Å². The molecule has 1 fully saturated rings. The lowest BCUT2D eigenvalue weighted by molar-refractivity contribution is 0.100. The number of carbonyl (C=O) groups excluding carboxylic acids is 1. The largest absolute Gasteiger partial charge is 0.366 e. The van der Waals surface area contributed by atoms with Crippen molar-refractivity contribution >= 4 is 21.8 Å². The van der Waals surface area contributed by atoms with Gasteiger partial charge in [0.1, 0.15) is 0 Å². The number of nitrogens with zero attached hydrogens (tertiary/aromatic N) is 1. The number of carbonyl (C=O) groups is 1. The fourth-order valence-electron chi connectivity index (χ4n) is 2.36. The Kier molecular flexibility index (Phi) is 4.29. The lowest BCUT2D eigenvalue weighted by Gasteiger charge is -2.30. The van der Waals surface area contributed by atoms with Gasteiger partial charge in [0.05, 0.1) is 11.3 Å². The molecule has 1 aliphatic rings. The highest BCUT2D eigenvalue weighted by atomic mass is 32.2. The number of hydrogen-bond donors (Lipinski definition) is 2. The summed E-state index contributed by atoms with van der Waals surface area (Å²) in [6, 6.07) is 6.33. The molecule has 2 rings (SSSR count). The predicted octanol–water partition coefficient (Wildman–Crippen LogP) is 1.17. The highest BCUT2D eigenvalue weighted by Gasteiger charge is 2.27. The number of nitrogens with two attached hydrogens (primary N) is 1. The summed E-state index contributed by atoms with van der Waals surface area (Å²) < 4.78 is 28.5. The molecule has 3 N–H and O–H groups in total. The third kappa shape index (κ3) is 3.29. The Morgan fingerprint density at radius 3 is 2.75 bits per heavy atom. The summed E-state index contributed by atoms with van der Waals surface area (Å²) in [5.74, 6) is -0.318. The Bertz CT molecular complexity index is 601. The summed E-state index contributed by atoms with van der Waals surface area (Å²) in [7, 11) is -3.65. The van der Waals surface area contributed by atoms with Crippen LogP contribution < -0.4 is 10.5 Å². The Labute approximate surface area is 119 Å². The van der Waals surface area contributed by atoms with Crippen molar-refractivity contribution in [3.63, 3.8) is 0 Å². The molecule has 0 saturated carbocycles. The monoisotopic (exact) mass is 297 g/mol. The van der Waals surface area contributed by atoms with Crippen LogP contribution in [-0.2, 0) is 10.2 Å². The summed E-state index contributed by atoms with van der Waals surface area (Å²) in [5.41, 5.74) is 5.63. The number of anilines is 1. The van der Waals surface area contributed by atoms with Gasteiger partial charge >= 0.3 is 10.2 Å². The molecular weight excluding hydrogens is 278 g/mol. The topological polar surface area (TPSA) is 92.5 Å². The van der Waals surface area contributed by atoms with E-state index in [9.17, 15) is 13.2 Å². The zero-order valence-electron chi connectivity index (χ0n) is 11.4. The standard InChI is InChI=1S/C13H19N3O3S/c1-10-5-4-8-16(9-10)20(18,19)15-12-7-3-2-6-11(12)13(14)17/h2-3,6-7,10,15H,4-5,8-9H2,1H3,(H2,14,17)/t10-/m0/s1. The first kappa shape index (κ1) is 14.8. The van der Waals surface area contributed by atoms with Crippen molar-refractivity contribution in [2.45, 2.75) is 19.8 Å². The SMILES string of the molecule is C[C@H]1CCCN(S(=O)(=O)Nc2ccccc2C(N)=O)C1. The van der Waals surface area contributed by atoms with Crippen molar-refractivity contribution in [1.29, 1.82) is 0 Å². The molecule has 110 valence electrons. The summed E-state index contributed by atoms with van der Waals surface area (Å²) >= 11 is 0. The van der Waals surface area contributed by atoms with Gasteiger partial charge in [0.2, 0.25) is 0 Å². The van der Waals surface area contributed by atoms with Crippen LogP contribution >= 0.6 is 0 Å². The van der Waals surface area contributed by atoms with E-state index in [1.807, 2.05) is 6.92 Å². The average Bonchev–Trinajstić information content (AvgIpc) is 2.38. The van der Waals surface area contributed by atoms with Crippen molar-refractivity contribution in [1.82, 2.24) is 4.31 Å². The number of hydrogen-bond acceptors (Lipinski definition) is 3. The van der Waals surface area contributed by atoms with Crippen LogP contribution in [0.5, 0.6) is 0 Å². The minimum Gasteiger partial charge on any atom is -0.366 e. The van der Waals surface area contributed by atoms with Crippen molar-refractivity contribution in [2.24, 2.45) is 11.7 Å². The molecule has 1 aromatic rings. The van der Waals surface area contributed by atoms with Crippen LogP contribution in [0.1, 0.15) is 30.1 Å². The summed E-state index contributed by atoms with van der Waals surface area (Å²) in [6.07, 6.45) is 1.88. The average molecular weight is 297 g/mol. The van der Waals surface area contributed by atoms with Gasteiger partial charge in [-0.15, -0.1) is 0 Å². The van der Waals surface area contributed by atoms with Crippen LogP contribution in [0, 0.1) is 5.92 Å². The van der Waals surface area contributed by atoms with E-state index in [0.29, 0.717) is 19.0 Å². The smallest absolute Gasteiger partial charge is 0.301 e. The van der Waals surface area contributed by atoms with Crippen LogP contribution in [0.15, 0.2) is 24.3 Å². The zero-order valence-corrected chi connectivity index (χ0v) is 12.2. The van der Waals surface area contributed by atoms with Gasteiger partial charge in [-0.3, -0.25) is 9.52 Å². The van der Waals surface area contributed by atoms with Gasteiger partial charge in [-0.1, -0.05) is 19.1 Å². The molecule has 0 aliphatic carbocycles. The van der Waals surface area contributed by atoms with E-state index in [4.69, 9.17) is 5.73 Å². The van der Waals surface area contributed by atoms with Crippen LogP contribution in [0.2, 0.25) is 0 Å². The third-order valence-corrected chi connectivity index (χ3v) is 4.88. The molecule has 0 aromatic heterocycles. The first-order valence-electron chi connectivity index (χ1n) is 6.57. The first-order valence-corrected chi connectivity index (χ1v) is 8.01. The normalized spacial score (nSPS) is 20.6. The van der Waals surface area contributed by atoms with Crippen molar-refractivity contribution in [3.8, 4) is 0 Å². The molecule has 7 heteroatoms. The highest BCUT2D eigenvalue weighted by Crippen LogP contribution is 2.22. The molecule has 1 amide bonds. The van der Waals surface area contributed by atoms with E-state index in [2.05, 4.69) is 4.72 Å². The number of benzene rings is 1. The van der Waals surface area contributed by atoms with E-state index in [1.165, 1.54) is 16.4 Å². The quantitative estimate of drug-likeness (QED) is 0.874. The summed E-state index contributed by atoms with van der Waals surface area (Å²) in [5, 5.41) is 0. The van der Waals surface area contributed by atoms with Gasteiger partial charge in [-0.25, -0.2) is 0 Å². The van der Waals surface area contributed by atoms with Gasteiger partial charge in [0, 0.05) is 13.1 Å². The minimum atomic E-state index is -3.65. The summed E-state index contributed by atoms with van der Waals surface area (Å²) in [4.78, 5) is 11.3. The molecule has 0 spiro atoms. The number of primary amides is 1. The number of piperidine rings is 1. The maximum absolute atomic E-state index is 12.3. The molecule has 1 heterocycles. The predicted molar refractivity (Wildman–Crippen MR) is 77.5 cm³/mol. The van der Waals surface area contributed by atoms with E-state index in [-0.39, 0.29) is 11.3 Å². The van der Waals surface area contributed by atoms with E-state index < -0.39 is 16.1 Å². The molecule has 0 bridgehead atoms. The molecule has 0 unspecified atom stereocenters. The second kappa shape index (κ2) is 5.80. The second-order valence-corrected chi connectivity index (χ2v) is 6.79. The van der Waals surface area contributed by atoms with Gasteiger partial charge in [0.25, 0.3) is 5.91 Å². The molecule has 1 aromatic carbocycles. The molecule has 1 aliphatic heterocycles. The number of rotatable bonds is 4. The molecule has 1 atom stereocenters. The van der Waals surface area contributed by atoms with E-state index in [1.54, 1.807) is 12.1 Å². The van der Waals surface area contributed by atoms with Crippen LogP contribution in [-0.4, -0.2) is 31.7 Å². The molecule has 0 radical (unpaired) electrons. The Balaban J connectivity index is 2.22. The Hall–Kier alpha value is -1.60. The second-order valence-electron chi connectivity index (χ2n) is 5.12. The number of para-hydroxylation sites is 1. The minimum absolute atomic E-state index is 0.168. The van der Waals surface area contributed by atoms with Gasteiger partial charge in [-0.2, -0.15) is 12.7 Å². The van der Waals surface area contributed by atoms with Crippen molar-refractivity contribution in [2.75, 3.05) is 17.8 Å². The van der Waals surface area contributed by atoms with Crippen molar-refractivity contribution < 1.29 is 13.2 Å². The van der Waals surface area contributed by atoms with Crippen LogP contribution in [0.25, 0.3) is 0 Å². The van der Waals surface area contributed by atoms with Gasteiger partial charge in [0.15, 0.2) is 0 Å². The van der Waals surface area contributed by atoms with Crippen molar-refractivity contribution in [3.05, 3.63) is 29.8 Å². The first-order chi connectivity index (χ1) is 9.40. The fraction of sp³-hybridized carbons (Fsp3) is 0.462. The molecule has 1 saturated heterocycles. The molecular formula is C13H19N3O3S. The lowest BCUT2D eigenvalue weighted by Crippen LogP contribution is -2.42. The number of nitrogens with one attached hydrogen (secondary N) is 1. The maximum atomic E-state index is 12.3. The van der Waals surface area contributed by atoms with Crippen LogP contribution in [0.4, 0.5) is 5.69 Å². The fourth-order valence-corrected chi connectivity index (χ4v) is 3.76. The highest BCUT2D eigenvalue weighted by molar-refractivity contribution is 7.90. The third-order valence-electron chi connectivity index (χ3n) is 3.39. The van der Waals surface area contributed by atoms with Crippen LogP contribution in [0.3, 0.4) is 0 Å². The Morgan fingerprint density at radius 2 is 2.10 bits per heavy atom. The summed E-state index contributed by atoms with van der Waals surface area (Å²) in [6.45, 7) is 3.02. The maximum Gasteiger partial charge on any atom is 0.301 e. The zero-order chi connectivity index (χ0) is 14.8. The van der Waals surface area contributed by atoms with E-state index in [0.717, 1.165) is 12.8 Å². The molecule has 20 heavy (non-hydrogen) atoms. The number of amides is 1.